The van der Waals surface area contributed by atoms with Gasteiger partial charge in [-0.05, 0) is 20.4 Å². The van der Waals surface area contributed by atoms with Gasteiger partial charge >= 0.3 is 0 Å². The average molecular weight is 161 g/mol. The van der Waals surface area contributed by atoms with E-state index >= 15 is 0 Å². The van der Waals surface area contributed by atoms with E-state index in [0.29, 0.717) is 0 Å². The van der Waals surface area contributed by atoms with Crippen LogP contribution in [0.4, 0.5) is 0 Å². The van der Waals surface area contributed by atoms with E-state index in [9.17, 15) is 0 Å². The molecule has 0 aromatic rings. The van der Waals surface area contributed by atoms with Crippen LogP contribution in [0.5, 0.6) is 0 Å². The van der Waals surface area contributed by atoms with Gasteiger partial charge in [-0.2, -0.15) is 0 Å². The van der Waals surface area contributed by atoms with Crippen LogP contribution in [-0.2, 0) is 4.74 Å². The maximum Gasteiger partial charge on any atom is 0.0933 e. The molecule has 0 aliphatic heterocycles. The van der Waals surface area contributed by atoms with E-state index in [0.717, 1.165) is 13.1 Å². The van der Waals surface area contributed by atoms with Gasteiger partial charge in [-0.15, -0.1) is 0 Å². The van der Waals surface area contributed by atoms with Crippen LogP contribution < -0.4 is 5.32 Å². The molecule has 3 nitrogen and oxygen atoms in total. The van der Waals surface area contributed by atoms with E-state index < -0.39 is 0 Å². The van der Waals surface area contributed by atoms with E-state index in [1.54, 1.807) is 0 Å². The molecule has 0 aromatic heterocycles. The molecule has 0 rings (SSSR count). The molecule has 3 heteroatoms. The second-order valence-electron chi connectivity index (χ2n) is 2.80. The summed E-state index contributed by atoms with van der Waals surface area (Å²) in [5.74, 6) is 0. The lowest BCUT2D eigenvalue weighted by atomic mass is 10.3. The van der Waals surface area contributed by atoms with Gasteiger partial charge < -0.3 is 15.2 Å². The first-order valence-corrected chi connectivity index (χ1v) is 4.17. The topological polar surface area (TPSA) is 41.5 Å². The molecule has 0 saturated heterocycles. The van der Waals surface area contributed by atoms with Crippen molar-refractivity contribution in [2.75, 3.05) is 19.7 Å². The number of aliphatic hydroxyl groups excluding tert-OH is 1. The Morgan fingerprint density at radius 1 is 1.45 bits per heavy atom. The molecule has 0 radical (unpaired) electrons. The van der Waals surface area contributed by atoms with Gasteiger partial charge in [0.05, 0.1) is 18.8 Å². The van der Waals surface area contributed by atoms with Crippen molar-refractivity contribution in [1.29, 1.82) is 0 Å². The highest BCUT2D eigenvalue weighted by Gasteiger charge is 2.07. The first kappa shape index (κ1) is 10.9. The molecule has 1 atom stereocenters. The number of hydrogen-bond donors (Lipinski definition) is 2. The van der Waals surface area contributed by atoms with Gasteiger partial charge in [-0.25, -0.2) is 0 Å². The van der Waals surface area contributed by atoms with Crippen molar-refractivity contribution in [1.82, 2.24) is 5.32 Å². The monoisotopic (exact) mass is 161 g/mol. The Hall–Kier alpha value is -0.120. The summed E-state index contributed by atoms with van der Waals surface area (Å²) in [5, 5.41) is 12.0. The van der Waals surface area contributed by atoms with Gasteiger partial charge in [0, 0.05) is 6.54 Å². The zero-order valence-electron chi connectivity index (χ0n) is 7.63. The molecule has 0 aromatic carbocycles. The largest absolute Gasteiger partial charge is 0.394 e. The Kier molecular flexibility index (Phi) is 6.51. The summed E-state index contributed by atoms with van der Waals surface area (Å²) in [6.07, 6.45) is 0.126. The van der Waals surface area contributed by atoms with Gasteiger partial charge in [-0.3, -0.25) is 0 Å². The van der Waals surface area contributed by atoms with Crippen LogP contribution in [-0.4, -0.2) is 37.0 Å². The summed E-state index contributed by atoms with van der Waals surface area (Å²) in [6, 6.07) is 0. The maximum absolute atomic E-state index is 8.84. The summed E-state index contributed by atoms with van der Waals surface area (Å²) in [6.45, 7) is 7.70. The Morgan fingerprint density at radius 3 is 2.45 bits per heavy atom. The molecule has 0 heterocycles. The number of nitrogens with one attached hydrogen (secondary N) is 1. The number of aliphatic hydroxyl groups is 1. The molecular weight excluding hydrogens is 142 g/mol. The van der Waals surface area contributed by atoms with Crippen molar-refractivity contribution in [3.05, 3.63) is 0 Å². The molecule has 1 unspecified atom stereocenters. The molecule has 68 valence electrons. The maximum atomic E-state index is 8.84. The first-order valence-electron chi connectivity index (χ1n) is 4.17. The number of hydrogen-bond acceptors (Lipinski definition) is 3. The van der Waals surface area contributed by atoms with E-state index in [2.05, 4.69) is 5.32 Å². The quantitative estimate of drug-likeness (QED) is 0.592. The minimum absolute atomic E-state index is 0.0602. The molecule has 0 amide bonds. The number of ether oxygens (including phenoxy) is 1. The third-order valence-corrected chi connectivity index (χ3v) is 1.29. The molecule has 0 spiro atoms. The fourth-order valence-electron chi connectivity index (χ4n) is 0.846. The highest BCUT2D eigenvalue weighted by atomic mass is 16.5. The average Bonchev–Trinajstić information content (AvgIpc) is 1.97. The standard InChI is InChI=1S/C8H19NO2/c1-4-9-5-8(6-10)11-7(2)3/h7-10H,4-6H2,1-3H3. The third kappa shape index (κ3) is 6.28. The Bertz CT molecular complexity index is 86.2. The van der Waals surface area contributed by atoms with Crippen molar-refractivity contribution < 1.29 is 9.84 Å². The molecule has 0 aliphatic carbocycles. The van der Waals surface area contributed by atoms with Gasteiger partial charge in [0.1, 0.15) is 0 Å². The molecule has 2 N–H and O–H groups in total. The summed E-state index contributed by atoms with van der Waals surface area (Å²) in [7, 11) is 0. The lowest BCUT2D eigenvalue weighted by Gasteiger charge is -2.18. The second kappa shape index (κ2) is 6.58. The molecule has 0 fully saturated rings. The predicted molar refractivity (Wildman–Crippen MR) is 45.6 cm³/mol. The number of rotatable bonds is 6. The van der Waals surface area contributed by atoms with E-state index in [1.165, 1.54) is 0 Å². The lowest BCUT2D eigenvalue weighted by molar-refractivity contribution is -0.0215. The second-order valence-corrected chi connectivity index (χ2v) is 2.80. The van der Waals surface area contributed by atoms with Crippen LogP contribution in [0.15, 0.2) is 0 Å². The molecule has 0 bridgehead atoms. The minimum atomic E-state index is -0.0602. The summed E-state index contributed by atoms with van der Waals surface area (Å²) >= 11 is 0. The number of likely N-dealkylation sites (N-methyl/N-ethyl adjacent to an activating group) is 1. The van der Waals surface area contributed by atoms with Crippen LogP contribution in [0.1, 0.15) is 20.8 Å². The SMILES string of the molecule is CCNCC(CO)OC(C)C. The first-order chi connectivity index (χ1) is 5.20. The Labute approximate surface area is 68.8 Å². The predicted octanol–water partition coefficient (Wildman–Crippen LogP) is 0.382. The molecule has 0 aliphatic rings. The highest BCUT2D eigenvalue weighted by molar-refractivity contribution is 4.60. The molecular formula is C8H19NO2. The zero-order valence-corrected chi connectivity index (χ0v) is 7.63. The van der Waals surface area contributed by atoms with Crippen molar-refractivity contribution in [3.8, 4) is 0 Å². The van der Waals surface area contributed by atoms with Gasteiger partial charge in [0.15, 0.2) is 0 Å². The minimum Gasteiger partial charge on any atom is -0.394 e. The van der Waals surface area contributed by atoms with E-state index in [-0.39, 0.29) is 18.8 Å². The van der Waals surface area contributed by atoms with Gasteiger partial charge in [0.2, 0.25) is 0 Å². The lowest BCUT2D eigenvalue weighted by Crippen LogP contribution is -2.33. The highest BCUT2D eigenvalue weighted by Crippen LogP contribution is 1.95. The van der Waals surface area contributed by atoms with Crippen LogP contribution >= 0.6 is 0 Å². The van der Waals surface area contributed by atoms with Crippen molar-refractivity contribution >= 4 is 0 Å². The van der Waals surface area contributed by atoms with Gasteiger partial charge in [0.25, 0.3) is 0 Å². The zero-order chi connectivity index (χ0) is 8.69. The van der Waals surface area contributed by atoms with Crippen LogP contribution in [0.3, 0.4) is 0 Å². The van der Waals surface area contributed by atoms with Crippen LogP contribution in [0.25, 0.3) is 0 Å². The van der Waals surface area contributed by atoms with Gasteiger partial charge in [-0.1, -0.05) is 6.92 Å². The molecule has 11 heavy (non-hydrogen) atoms. The summed E-state index contributed by atoms with van der Waals surface area (Å²) in [4.78, 5) is 0. The summed E-state index contributed by atoms with van der Waals surface area (Å²) < 4.78 is 5.39. The Balaban J connectivity index is 3.41. The van der Waals surface area contributed by atoms with E-state index in [1.807, 2.05) is 20.8 Å². The molecule has 0 saturated carbocycles. The summed E-state index contributed by atoms with van der Waals surface area (Å²) in [5.41, 5.74) is 0. The Morgan fingerprint density at radius 2 is 2.09 bits per heavy atom. The van der Waals surface area contributed by atoms with Crippen molar-refractivity contribution in [2.24, 2.45) is 0 Å². The fourth-order valence-corrected chi connectivity index (χ4v) is 0.846. The normalized spacial score (nSPS) is 13.9. The third-order valence-electron chi connectivity index (χ3n) is 1.29. The fraction of sp³-hybridized carbons (Fsp3) is 1.00. The smallest absolute Gasteiger partial charge is 0.0933 e. The van der Waals surface area contributed by atoms with Crippen molar-refractivity contribution in [3.63, 3.8) is 0 Å². The van der Waals surface area contributed by atoms with E-state index in [4.69, 9.17) is 9.84 Å². The van der Waals surface area contributed by atoms with Crippen LogP contribution in [0, 0.1) is 0 Å². The van der Waals surface area contributed by atoms with Crippen molar-refractivity contribution in [2.45, 2.75) is 33.0 Å². The van der Waals surface area contributed by atoms with Crippen LogP contribution in [0.2, 0.25) is 0 Å².